The van der Waals surface area contributed by atoms with E-state index in [0.29, 0.717) is 0 Å². The monoisotopic (exact) mass is 1260 g/mol. The zero-order valence-corrected chi connectivity index (χ0v) is 60.2. The zero-order valence-electron chi connectivity index (χ0n) is 40.2. The molecule has 5 saturated heterocycles. The highest BCUT2D eigenvalue weighted by Gasteiger charge is 2.92. The molecule has 10 bridgehead atoms. The molecule has 0 saturated carbocycles. The lowest BCUT2D eigenvalue weighted by Crippen LogP contribution is -2.91. The van der Waals surface area contributed by atoms with Gasteiger partial charge >= 0.3 is 90.5 Å². The zero-order chi connectivity index (χ0) is 48.5. The van der Waals surface area contributed by atoms with Gasteiger partial charge in [-0.3, -0.25) is 0 Å². The van der Waals surface area contributed by atoms with Crippen molar-refractivity contribution in [2.75, 3.05) is 0 Å². The molecule has 370 valence electrons. The first-order valence-corrected chi connectivity index (χ1v) is 60.6. The highest BCUT2D eigenvalue weighted by Crippen LogP contribution is 2.51. The first kappa shape index (κ1) is 57.6. The number of hydrogen-bond donors (Lipinski definition) is 0. The van der Waals surface area contributed by atoms with Crippen molar-refractivity contribution in [1.29, 1.82) is 0 Å². The molecule has 0 atom stereocenters. The fourth-order valence-corrected chi connectivity index (χ4v) is 76.9. The second-order valence-corrected chi connectivity index (χ2v) is 65.2. The Labute approximate surface area is 411 Å². The molecule has 5 aliphatic rings. The van der Waals surface area contributed by atoms with Gasteiger partial charge in [-0.25, -0.2) is 0 Å². The van der Waals surface area contributed by atoms with E-state index >= 15 is 0 Å². The van der Waals surface area contributed by atoms with Gasteiger partial charge in [0.15, 0.2) is 90.4 Å². The molecule has 0 spiro atoms. The van der Waals surface area contributed by atoms with E-state index in [4.69, 9.17) is 103 Å². The molecule has 5 heterocycles. The van der Waals surface area contributed by atoms with Crippen LogP contribution in [-0.2, 0) is 103 Å². The van der Waals surface area contributed by atoms with Crippen molar-refractivity contribution < 1.29 is 103 Å². The van der Waals surface area contributed by atoms with Crippen molar-refractivity contribution in [2.24, 2.45) is 0 Å². The summed E-state index contributed by atoms with van der Waals surface area (Å²) in [5.41, 5.74) is 0. The van der Waals surface area contributed by atoms with Crippen LogP contribution in [0.25, 0.3) is 0 Å². The first-order valence-electron chi connectivity index (χ1n) is 20.2. The van der Waals surface area contributed by atoms with Crippen LogP contribution >= 0.6 is 0 Å². The Morgan fingerprint density at radius 2 is 0.215 bits per heavy atom. The van der Waals surface area contributed by atoms with Gasteiger partial charge in [-0.15, -0.1) is 0 Å². The molecule has 0 N–H and O–H groups in total. The second kappa shape index (κ2) is 21.2. The van der Waals surface area contributed by atoms with Gasteiger partial charge in [-0.1, -0.05) is 0 Å². The van der Waals surface area contributed by atoms with Crippen LogP contribution in [0.1, 0.15) is 0 Å². The lowest BCUT2D eigenvalue weighted by molar-refractivity contribution is -0.125. The summed E-state index contributed by atoms with van der Waals surface area (Å²) in [5.74, 6) is 0. The summed E-state index contributed by atoms with van der Waals surface area (Å²) in [5, 5.41) is 0. The summed E-state index contributed by atoms with van der Waals surface area (Å²) in [6.07, 6.45) is 0. The van der Waals surface area contributed by atoms with Gasteiger partial charge in [0.2, 0.25) is 0 Å². The van der Waals surface area contributed by atoms with Gasteiger partial charge < -0.3 is 103 Å². The molecule has 0 unspecified atom stereocenters. The topological polar surface area (TPSA) is 231 Å². The lowest BCUT2D eigenvalue weighted by Gasteiger charge is -2.59. The predicted molar refractivity (Wildman–Crippen MR) is 259 cm³/mol. The van der Waals surface area contributed by atoms with E-state index in [2.05, 4.69) is 0 Å². The Kier molecular flexibility index (Phi) is 18.8. The van der Waals surface area contributed by atoms with Crippen molar-refractivity contribution in [3.63, 3.8) is 0 Å². The normalized spacial score (nSPS) is 42.0. The Morgan fingerprint density at radius 1 is 0.154 bits per heavy atom. The molecule has 0 aromatic carbocycles. The fraction of sp³-hybridized carbons (Fsp3) is 1.00. The molecule has 5 rings (SSSR count). The van der Waals surface area contributed by atoms with Gasteiger partial charge in [0.1, 0.15) is 0 Å². The van der Waals surface area contributed by atoms with Crippen LogP contribution in [0.15, 0.2) is 0 Å². The van der Waals surface area contributed by atoms with Crippen molar-refractivity contribution >= 4 is 181 Å². The van der Waals surface area contributed by atoms with Crippen LogP contribution in [0.5, 0.6) is 0 Å². The van der Waals surface area contributed by atoms with E-state index < -0.39 is 181 Å². The average molecular weight is 1260 g/mol. The van der Waals surface area contributed by atoms with Crippen LogP contribution in [0.2, 0.25) is 131 Å². The highest BCUT2D eigenvalue weighted by atomic mass is 28.7. The standard InChI is InChI=1S/C20H60O25Si20/c1-46(2)21-56-31-57(22-47(3)4)38-60(25-50(9)10)32-58(36-56,23-48(5)6)40-62(27-52(13)14)34-64(42-60,29-54(17)18)45-65(30-55(19)20)35-63(44-62,28-53(15)16)41-59(37-56,24-49(7)8)33-61(39-57,43-65)26-51(11)12/h1-20H3. The van der Waals surface area contributed by atoms with Crippen LogP contribution in [0.4, 0.5) is 0 Å². The van der Waals surface area contributed by atoms with Gasteiger partial charge in [0.05, 0.1) is 0 Å². The minimum absolute atomic E-state index is 1.85. The first-order chi connectivity index (χ1) is 29.8. The van der Waals surface area contributed by atoms with E-state index in [1.807, 2.05) is 131 Å². The van der Waals surface area contributed by atoms with Crippen molar-refractivity contribution in [1.82, 2.24) is 0 Å². The van der Waals surface area contributed by atoms with E-state index in [-0.39, 0.29) is 0 Å². The Hall–Kier alpha value is 3.34. The average Bonchev–Trinajstić information content (AvgIpc) is 2.96. The molecule has 5 aliphatic heterocycles. The molecule has 65 heavy (non-hydrogen) atoms. The predicted octanol–water partition coefficient (Wildman–Crippen LogP) is 2.35. The molecule has 0 aromatic heterocycles. The molecule has 0 aliphatic carbocycles. The minimum atomic E-state index is -5.20. The maximum atomic E-state index is 7.32. The maximum Gasteiger partial charge on any atom is 0.651 e. The molecule has 0 amide bonds. The quantitative estimate of drug-likeness (QED) is 0.159. The third kappa shape index (κ3) is 14.0. The van der Waals surface area contributed by atoms with Gasteiger partial charge in [0, 0.05) is 0 Å². The Bertz CT molecular complexity index is 1240. The molecule has 5 fully saturated rings. The van der Waals surface area contributed by atoms with E-state index in [9.17, 15) is 0 Å². The van der Waals surface area contributed by atoms with Crippen molar-refractivity contribution in [3.05, 3.63) is 0 Å². The minimum Gasteiger partial charge on any atom is -0.395 e. The number of rotatable bonds is 20. The molecule has 25 nitrogen and oxygen atoms in total. The van der Waals surface area contributed by atoms with Crippen molar-refractivity contribution in [2.45, 2.75) is 131 Å². The van der Waals surface area contributed by atoms with Crippen LogP contribution in [-0.4, -0.2) is 181 Å². The van der Waals surface area contributed by atoms with Crippen LogP contribution in [0, 0.1) is 0 Å². The van der Waals surface area contributed by atoms with E-state index in [1.54, 1.807) is 0 Å². The smallest absolute Gasteiger partial charge is 0.395 e. The summed E-state index contributed by atoms with van der Waals surface area (Å²) < 4.78 is 178. The van der Waals surface area contributed by atoms with Gasteiger partial charge in [-0.2, -0.15) is 0 Å². The highest BCUT2D eigenvalue weighted by molar-refractivity contribution is 7.02. The van der Waals surface area contributed by atoms with Crippen molar-refractivity contribution in [3.8, 4) is 0 Å². The summed E-state index contributed by atoms with van der Waals surface area (Å²) in [4.78, 5) is 0. The number of fused-ring (bicyclic) bond motifs is 10. The fourth-order valence-electron chi connectivity index (χ4n) is 6.05. The largest absolute Gasteiger partial charge is 0.651 e. The second-order valence-electron chi connectivity index (χ2n) is 16.6. The Morgan fingerprint density at radius 3 is 0.262 bits per heavy atom. The van der Waals surface area contributed by atoms with E-state index in [1.165, 1.54) is 0 Å². The summed E-state index contributed by atoms with van der Waals surface area (Å²) in [7, 11) is -71.5. The summed E-state index contributed by atoms with van der Waals surface area (Å²) in [6.45, 7) is 37.0. The summed E-state index contributed by atoms with van der Waals surface area (Å²) >= 11 is 0. The van der Waals surface area contributed by atoms with Gasteiger partial charge in [0.25, 0.3) is 0 Å². The third-order valence-corrected chi connectivity index (χ3v) is 63.4. The number of hydrogen-bond acceptors (Lipinski definition) is 25. The van der Waals surface area contributed by atoms with E-state index in [0.717, 1.165) is 0 Å². The van der Waals surface area contributed by atoms with Gasteiger partial charge in [-0.05, 0) is 131 Å². The molecular formula is C20H60O25Si20. The molecule has 10 radical (unpaired) electrons. The summed E-state index contributed by atoms with van der Waals surface area (Å²) in [6, 6.07) is 0. The Balaban J connectivity index is 1.93. The molecule has 0 aromatic rings. The SMILES string of the molecule is C[Si](C)O[Si]12O[Si]3(O[Si](C)C)O[Si]4(O[Si](C)C)O[Si](O[Si](C)C)(O1)O[Si]1(O[Si](C)C)O[Si](O[Si](C)C)(O4)O[Si]4(O[Si](C)C)O[Si](O[Si](C)C)(O[Si](O[Si](C)C)(O[Si](O[Si](C)C)(O3)O4)O2)O1. The van der Waals surface area contributed by atoms with Crippen LogP contribution < -0.4 is 0 Å². The molecular weight excluding hydrogens is 1200 g/mol. The lowest BCUT2D eigenvalue weighted by atomic mass is 11.9. The molecule has 45 heteroatoms. The van der Waals surface area contributed by atoms with Crippen LogP contribution in [0.3, 0.4) is 0 Å². The third-order valence-electron chi connectivity index (χ3n) is 7.04. The maximum absolute atomic E-state index is 7.32.